The van der Waals surface area contributed by atoms with Gasteiger partial charge in [0.05, 0.1) is 0 Å². The van der Waals surface area contributed by atoms with Crippen LogP contribution in [0.3, 0.4) is 0 Å². The van der Waals surface area contributed by atoms with Crippen molar-refractivity contribution in [3.63, 3.8) is 0 Å². The van der Waals surface area contributed by atoms with E-state index in [1.807, 2.05) is 0 Å². The molecule has 0 amide bonds. The molecule has 0 unspecified atom stereocenters. The molecule has 0 aromatic heterocycles. The summed E-state index contributed by atoms with van der Waals surface area (Å²) in [6.07, 6.45) is -0.663. The standard InChI is InChI=1S/C15H12ClFO2/c1-10(19-14-4-2-3-12(16)9-14)15(18)11-5-7-13(17)8-6-11/h2-10H,1H3/t10-/m0/s1. The number of rotatable bonds is 4. The first-order chi connectivity index (χ1) is 9.06. The molecule has 19 heavy (non-hydrogen) atoms. The summed E-state index contributed by atoms with van der Waals surface area (Å²) < 4.78 is 18.3. The Morgan fingerprint density at radius 1 is 1.21 bits per heavy atom. The van der Waals surface area contributed by atoms with Gasteiger partial charge in [-0.15, -0.1) is 0 Å². The van der Waals surface area contributed by atoms with Crippen LogP contribution in [0.25, 0.3) is 0 Å². The minimum atomic E-state index is -0.663. The van der Waals surface area contributed by atoms with Crippen molar-refractivity contribution in [2.45, 2.75) is 13.0 Å². The molecule has 0 bridgehead atoms. The number of carbonyl (C=O) groups is 1. The van der Waals surface area contributed by atoms with E-state index in [1.54, 1.807) is 31.2 Å². The molecule has 0 aliphatic heterocycles. The van der Waals surface area contributed by atoms with Crippen molar-refractivity contribution in [2.24, 2.45) is 0 Å². The summed E-state index contributed by atoms with van der Waals surface area (Å²) in [6, 6.07) is 12.2. The van der Waals surface area contributed by atoms with Gasteiger partial charge in [0, 0.05) is 10.6 Å². The maximum atomic E-state index is 12.8. The zero-order valence-corrected chi connectivity index (χ0v) is 11.0. The Labute approximate surface area is 115 Å². The number of ether oxygens (including phenoxy) is 1. The highest BCUT2D eigenvalue weighted by Crippen LogP contribution is 2.19. The first kappa shape index (κ1) is 13.6. The van der Waals surface area contributed by atoms with Crippen LogP contribution in [0.1, 0.15) is 17.3 Å². The summed E-state index contributed by atoms with van der Waals surface area (Å²) in [5.41, 5.74) is 0.413. The van der Waals surface area contributed by atoms with Crippen molar-refractivity contribution >= 4 is 17.4 Å². The van der Waals surface area contributed by atoms with Crippen LogP contribution < -0.4 is 4.74 Å². The molecule has 2 rings (SSSR count). The molecule has 0 N–H and O–H groups in total. The van der Waals surface area contributed by atoms with Crippen LogP contribution in [0.4, 0.5) is 4.39 Å². The van der Waals surface area contributed by atoms with Crippen LogP contribution >= 0.6 is 11.6 Å². The minimum Gasteiger partial charge on any atom is -0.483 e. The average Bonchev–Trinajstić information content (AvgIpc) is 2.39. The highest BCUT2D eigenvalue weighted by molar-refractivity contribution is 6.30. The van der Waals surface area contributed by atoms with Crippen molar-refractivity contribution < 1.29 is 13.9 Å². The molecule has 0 radical (unpaired) electrons. The molecule has 2 aromatic carbocycles. The van der Waals surface area contributed by atoms with Gasteiger partial charge in [-0.25, -0.2) is 4.39 Å². The van der Waals surface area contributed by atoms with Crippen molar-refractivity contribution in [3.8, 4) is 5.75 Å². The molecule has 2 nitrogen and oxygen atoms in total. The maximum absolute atomic E-state index is 12.8. The summed E-state index contributed by atoms with van der Waals surface area (Å²) in [5.74, 6) is -0.0598. The second-order valence-corrected chi connectivity index (χ2v) is 4.53. The van der Waals surface area contributed by atoms with Gasteiger partial charge >= 0.3 is 0 Å². The van der Waals surface area contributed by atoms with E-state index in [0.29, 0.717) is 16.3 Å². The van der Waals surface area contributed by atoms with Crippen LogP contribution in [-0.2, 0) is 0 Å². The van der Waals surface area contributed by atoms with Crippen molar-refractivity contribution in [1.29, 1.82) is 0 Å². The third-order valence-corrected chi connectivity index (χ3v) is 2.84. The van der Waals surface area contributed by atoms with Crippen LogP contribution in [0.5, 0.6) is 5.75 Å². The van der Waals surface area contributed by atoms with Crippen LogP contribution in [0, 0.1) is 5.82 Å². The van der Waals surface area contributed by atoms with Gasteiger partial charge in [0.1, 0.15) is 11.6 Å². The Hall–Kier alpha value is -1.87. The SMILES string of the molecule is C[C@H](Oc1cccc(Cl)c1)C(=O)c1ccc(F)cc1. The summed E-state index contributed by atoms with van der Waals surface area (Å²) in [5, 5.41) is 0.541. The molecular formula is C15H12ClFO2. The molecule has 2 aromatic rings. The van der Waals surface area contributed by atoms with Gasteiger partial charge < -0.3 is 4.74 Å². The number of hydrogen-bond acceptors (Lipinski definition) is 2. The molecule has 98 valence electrons. The van der Waals surface area contributed by atoms with Gasteiger partial charge in [0.15, 0.2) is 6.10 Å². The van der Waals surface area contributed by atoms with Gasteiger partial charge in [0.25, 0.3) is 0 Å². The first-order valence-corrected chi connectivity index (χ1v) is 6.16. The fourth-order valence-electron chi connectivity index (χ4n) is 1.65. The number of carbonyl (C=O) groups excluding carboxylic acids is 1. The zero-order chi connectivity index (χ0) is 13.8. The number of ketones is 1. The Balaban J connectivity index is 2.09. The molecule has 0 heterocycles. The maximum Gasteiger partial charge on any atom is 0.202 e. The van der Waals surface area contributed by atoms with Gasteiger partial charge in [-0.1, -0.05) is 17.7 Å². The number of hydrogen-bond donors (Lipinski definition) is 0. The van der Waals surface area contributed by atoms with Gasteiger partial charge in [-0.05, 0) is 49.4 Å². The molecule has 0 saturated heterocycles. The second-order valence-electron chi connectivity index (χ2n) is 4.09. The summed E-state index contributed by atoms with van der Waals surface area (Å²) >= 11 is 5.84. The lowest BCUT2D eigenvalue weighted by molar-refractivity contribution is 0.0818. The summed E-state index contributed by atoms with van der Waals surface area (Å²) in [6.45, 7) is 1.65. The minimum absolute atomic E-state index is 0.208. The molecule has 0 aliphatic rings. The lowest BCUT2D eigenvalue weighted by Gasteiger charge is -2.13. The van der Waals surface area contributed by atoms with E-state index in [1.165, 1.54) is 24.3 Å². The van der Waals surface area contributed by atoms with Crippen LogP contribution in [-0.4, -0.2) is 11.9 Å². The molecule has 1 atom stereocenters. The predicted molar refractivity (Wildman–Crippen MR) is 72.3 cm³/mol. The molecular weight excluding hydrogens is 267 g/mol. The van der Waals surface area contributed by atoms with E-state index in [9.17, 15) is 9.18 Å². The average molecular weight is 279 g/mol. The normalized spacial score (nSPS) is 11.9. The fourth-order valence-corrected chi connectivity index (χ4v) is 1.83. The Morgan fingerprint density at radius 2 is 1.89 bits per heavy atom. The molecule has 4 heteroatoms. The molecule has 0 fully saturated rings. The first-order valence-electron chi connectivity index (χ1n) is 5.78. The molecule has 0 saturated carbocycles. The number of halogens is 2. The number of Topliss-reactive ketones (excluding diaryl/α,β-unsaturated/α-hetero) is 1. The molecule has 0 aliphatic carbocycles. The zero-order valence-electron chi connectivity index (χ0n) is 10.3. The van der Waals surface area contributed by atoms with E-state index in [0.717, 1.165) is 0 Å². The van der Waals surface area contributed by atoms with E-state index in [2.05, 4.69) is 0 Å². The van der Waals surface area contributed by atoms with E-state index in [4.69, 9.17) is 16.3 Å². The van der Waals surface area contributed by atoms with Crippen molar-refractivity contribution in [1.82, 2.24) is 0 Å². The largest absolute Gasteiger partial charge is 0.483 e. The Morgan fingerprint density at radius 3 is 2.53 bits per heavy atom. The Bertz CT molecular complexity index is 581. The van der Waals surface area contributed by atoms with E-state index >= 15 is 0 Å². The summed E-state index contributed by atoms with van der Waals surface area (Å²) in [4.78, 5) is 12.1. The van der Waals surface area contributed by atoms with Crippen LogP contribution in [0.2, 0.25) is 5.02 Å². The quantitative estimate of drug-likeness (QED) is 0.786. The van der Waals surface area contributed by atoms with Crippen molar-refractivity contribution in [2.75, 3.05) is 0 Å². The fraction of sp³-hybridized carbons (Fsp3) is 0.133. The lowest BCUT2D eigenvalue weighted by Crippen LogP contribution is -2.23. The smallest absolute Gasteiger partial charge is 0.202 e. The Kier molecular flexibility index (Phi) is 4.17. The van der Waals surface area contributed by atoms with Gasteiger partial charge in [-0.3, -0.25) is 4.79 Å². The topological polar surface area (TPSA) is 26.3 Å². The predicted octanol–water partition coefficient (Wildman–Crippen LogP) is 4.13. The monoisotopic (exact) mass is 278 g/mol. The molecule has 0 spiro atoms. The van der Waals surface area contributed by atoms with Gasteiger partial charge in [-0.2, -0.15) is 0 Å². The summed E-state index contributed by atoms with van der Waals surface area (Å²) in [7, 11) is 0. The number of benzene rings is 2. The third kappa shape index (κ3) is 3.55. The highest BCUT2D eigenvalue weighted by Gasteiger charge is 2.16. The second kappa shape index (κ2) is 5.85. The lowest BCUT2D eigenvalue weighted by atomic mass is 10.1. The van der Waals surface area contributed by atoms with E-state index < -0.39 is 6.10 Å². The van der Waals surface area contributed by atoms with Gasteiger partial charge in [0.2, 0.25) is 5.78 Å². The third-order valence-electron chi connectivity index (χ3n) is 2.61. The van der Waals surface area contributed by atoms with Crippen LogP contribution in [0.15, 0.2) is 48.5 Å². The van der Waals surface area contributed by atoms with Crippen molar-refractivity contribution in [3.05, 3.63) is 64.9 Å². The highest BCUT2D eigenvalue weighted by atomic mass is 35.5. The van der Waals surface area contributed by atoms with E-state index in [-0.39, 0.29) is 11.6 Å².